The average molecular weight is 392 g/mol. The van der Waals surface area contributed by atoms with Gasteiger partial charge in [0.2, 0.25) is 12.3 Å². The Morgan fingerprint density at radius 1 is 1.25 bits per heavy atom. The van der Waals surface area contributed by atoms with Gasteiger partial charge in [-0.25, -0.2) is 5.06 Å². The molecular formula is C21H32N2O5. The van der Waals surface area contributed by atoms with Crippen LogP contribution in [0.15, 0.2) is 24.3 Å². The van der Waals surface area contributed by atoms with Crippen molar-refractivity contribution in [3.8, 4) is 5.75 Å². The number of carbonyl (C=O) groups is 3. The van der Waals surface area contributed by atoms with E-state index in [4.69, 9.17) is 4.74 Å². The van der Waals surface area contributed by atoms with Crippen molar-refractivity contribution in [2.24, 2.45) is 11.3 Å². The van der Waals surface area contributed by atoms with Gasteiger partial charge >= 0.3 is 0 Å². The van der Waals surface area contributed by atoms with E-state index in [1.165, 1.54) is 0 Å². The minimum atomic E-state index is -0.749. The smallest absolute Gasteiger partial charge is 0.233 e. The van der Waals surface area contributed by atoms with Crippen LogP contribution in [0.5, 0.6) is 5.75 Å². The predicted molar refractivity (Wildman–Crippen MR) is 106 cm³/mol. The summed E-state index contributed by atoms with van der Waals surface area (Å²) in [5.41, 5.74) is -0.0475. The summed E-state index contributed by atoms with van der Waals surface area (Å²) in [6.45, 7) is 7.53. The number of benzene rings is 1. The minimum absolute atomic E-state index is 0.108. The Bertz CT molecular complexity index is 652. The Morgan fingerprint density at radius 3 is 2.32 bits per heavy atom. The topological polar surface area (TPSA) is 95.9 Å². The molecule has 7 heteroatoms. The molecule has 1 aromatic carbocycles. The largest absolute Gasteiger partial charge is 0.497 e. The summed E-state index contributed by atoms with van der Waals surface area (Å²) >= 11 is 0. The van der Waals surface area contributed by atoms with E-state index in [0.717, 1.165) is 12.8 Å². The lowest BCUT2D eigenvalue weighted by Crippen LogP contribution is -2.52. The Morgan fingerprint density at radius 2 is 1.86 bits per heavy atom. The van der Waals surface area contributed by atoms with Gasteiger partial charge in [-0.2, -0.15) is 0 Å². The normalized spacial score (nSPS) is 13.4. The fourth-order valence-electron chi connectivity index (χ4n) is 2.88. The van der Waals surface area contributed by atoms with Gasteiger partial charge in [0.15, 0.2) is 5.78 Å². The van der Waals surface area contributed by atoms with E-state index in [1.54, 1.807) is 31.4 Å². The molecule has 0 radical (unpaired) electrons. The summed E-state index contributed by atoms with van der Waals surface area (Å²) < 4.78 is 5.12. The number of rotatable bonds is 11. The van der Waals surface area contributed by atoms with Gasteiger partial charge in [0.1, 0.15) is 5.75 Å². The number of unbranched alkanes of at least 4 members (excludes halogenated alkanes) is 1. The monoisotopic (exact) mass is 392 g/mol. The molecule has 7 nitrogen and oxygen atoms in total. The predicted octanol–water partition coefficient (Wildman–Crippen LogP) is 3.06. The standard InChI is InChI=1S/C21H32N2O5/c1-6-7-8-16(13-23(27)14-24)20(26)22-19(21(2,3)4)18(25)15-9-11-17(28-5)12-10-15/h9-12,14,16,19,27H,6-8,13H2,1-5H3,(H,22,26)/t16-,19+/m0/s1. The maximum atomic E-state index is 13.1. The minimum Gasteiger partial charge on any atom is -0.497 e. The van der Waals surface area contributed by atoms with Crippen LogP contribution in [-0.4, -0.2) is 48.1 Å². The summed E-state index contributed by atoms with van der Waals surface area (Å²) in [7, 11) is 1.55. The van der Waals surface area contributed by atoms with Crippen molar-refractivity contribution in [3.05, 3.63) is 29.8 Å². The zero-order chi connectivity index (χ0) is 21.3. The first-order valence-corrected chi connectivity index (χ1v) is 9.53. The van der Waals surface area contributed by atoms with E-state index in [2.05, 4.69) is 5.32 Å². The number of hydrogen-bond donors (Lipinski definition) is 2. The highest BCUT2D eigenvalue weighted by molar-refractivity contribution is 6.02. The van der Waals surface area contributed by atoms with E-state index in [1.807, 2.05) is 27.7 Å². The number of hydroxylamine groups is 2. The second kappa shape index (κ2) is 10.8. The first-order chi connectivity index (χ1) is 13.1. The molecule has 0 aliphatic rings. The van der Waals surface area contributed by atoms with Crippen molar-refractivity contribution in [1.82, 2.24) is 10.4 Å². The quantitative estimate of drug-likeness (QED) is 0.261. The molecule has 0 aliphatic carbocycles. The SMILES string of the molecule is CCCC[C@@H](CN(O)C=O)C(=O)N[C@H](C(=O)c1ccc(OC)cc1)C(C)(C)C. The van der Waals surface area contributed by atoms with Gasteiger partial charge in [-0.1, -0.05) is 40.5 Å². The maximum absolute atomic E-state index is 13.1. The number of nitrogens with zero attached hydrogens (tertiary/aromatic N) is 1. The molecule has 0 saturated heterocycles. The zero-order valence-corrected chi connectivity index (χ0v) is 17.4. The molecule has 0 heterocycles. The fraction of sp³-hybridized carbons (Fsp3) is 0.571. The molecule has 156 valence electrons. The molecule has 0 aromatic heterocycles. The summed E-state index contributed by atoms with van der Waals surface area (Å²) in [5, 5.41) is 12.8. The lowest BCUT2D eigenvalue weighted by atomic mass is 9.81. The van der Waals surface area contributed by atoms with Crippen LogP contribution >= 0.6 is 0 Å². The molecule has 2 N–H and O–H groups in total. The zero-order valence-electron chi connectivity index (χ0n) is 17.4. The highest BCUT2D eigenvalue weighted by atomic mass is 16.5. The van der Waals surface area contributed by atoms with Crippen LogP contribution in [0, 0.1) is 11.3 Å². The maximum Gasteiger partial charge on any atom is 0.233 e. The summed E-state index contributed by atoms with van der Waals surface area (Å²) in [4.78, 5) is 36.7. The molecule has 28 heavy (non-hydrogen) atoms. The summed E-state index contributed by atoms with van der Waals surface area (Å²) in [6, 6.07) is 5.99. The van der Waals surface area contributed by atoms with E-state index in [9.17, 15) is 19.6 Å². The molecule has 0 spiro atoms. The summed E-state index contributed by atoms with van der Waals surface area (Å²) in [6.07, 6.45) is 2.44. The number of amides is 2. The summed E-state index contributed by atoms with van der Waals surface area (Å²) in [5.74, 6) is -0.502. The van der Waals surface area contributed by atoms with Crippen molar-refractivity contribution >= 4 is 18.1 Å². The van der Waals surface area contributed by atoms with E-state index >= 15 is 0 Å². The third-order valence-corrected chi connectivity index (χ3v) is 4.60. The van der Waals surface area contributed by atoms with Gasteiger partial charge in [0.05, 0.1) is 25.6 Å². The van der Waals surface area contributed by atoms with Crippen LogP contribution in [0.2, 0.25) is 0 Å². The van der Waals surface area contributed by atoms with E-state index < -0.39 is 17.4 Å². The van der Waals surface area contributed by atoms with Crippen LogP contribution in [0.4, 0.5) is 0 Å². The average Bonchev–Trinajstić information content (AvgIpc) is 2.67. The number of hydrogen-bond acceptors (Lipinski definition) is 5. The molecule has 2 amide bonds. The molecule has 1 aromatic rings. The number of ketones is 1. The van der Waals surface area contributed by atoms with E-state index in [-0.39, 0.29) is 24.6 Å². The van der Waals surface area contributed by atoms with Gasteiger partial charge in [-0.15, -0.1) is 0 Å². The molecule has 2 atom stereocenters. The van der Waals surface area contributed by atoms with Gasteiger partial charge < -0.3 is 10.1 Å². The van der Waals surface area contributed by atoms with Crippen molar-refractivity contribution in [2.45, 2.75) is 53.0 Å². The first-order valence-electron chi connectivity index (χ1n) is 9.53. The van der Waals surface area contributed by atoms with Crippen LogP contribution in [0.25, 0.3) is 0 Å². The highest BCUT2D eigenvalue weighted by Gasteiger charge is 2.35. The number of Topliss-reactive ketones (excluding diaryl/α,β-unsaturated/α-hetero) is 1. The van der Waals surface area contributed by atoms with Crippen molar-refractivity contribution < 1.29 is 24.3 Å². The number of methoxy groups -OCH3 is 1. The first kappa shape index (κ1) is 23.6. The van der Waals surface area contributed by atoms with Gasteiger partial charge in [-0.05, 0) is 36.1 Å². The van der Waals surface area contributed by atoms with Crippen LogP contribution in [0.1, 0.15) is 57.3 Å². The Kier molecular flexibility index (Phi) is 9.12. The Hall–Kier alpha value is -2.41. The Balaban J connectivity index is 3.03. The molecule has 0 unspecified atom stereocenters. The van der Waals surface area contributed by atoms with Crippen molar-refractivity contribution in [2.75, 3.05) is 13.7 Å². The van der Waals surface area contributed by atoms with Crippen LogP contribution in [0.3, 0.4) is 0 Å². The molecule has 0 saturated carbocycles. The molecule has 1 rings (SSSR count). The van der Waals surface area contributed by atoms with Gasteiger partial charge in [0, 0.05) is 5.56 Å². The van der Waals surface area contributed by atoms with Gasteiger partial charge in [-0.3, -0.25) is 19.6 Å². The lowest BCUT2D eigenvalue weighted by molar-refractivity contribution is -0.154. The molecule has 0 aliphatic heterocycles. The second-order valence-electron chi connectivity index (χ2n) is 7.97. The third kappa shape index (κ3) is 6.96. The van der Waals surface area contributed by atoms with Gasteiger partial charge in [0.25, 0.3) is 0 Å². The second-order valence-corrected chi connectivity index (χ2v) is 7.97. The molecule has 0 fully saturated rings. The number of ether oxygens (including phenoxy) is 1. The van der Waals surface area contributed by atoms with E-state index in [0.29, 0.717) is 22.8 Å². The Labute approximate surface area is 167 Å². The number of carbonyl (C=O) groups excluding carboxylic acids is 3. The number of nitrogens with one attached hydrogen (secondary N) is 1. The molecule has 0 bridgehead atoms. The van der Waals surface area contributed by atoms with Crippen molar-refractivity contribution in [3.63, 3.8) is 0 Å². The fourth-order valence-corrected chi connectivity index (χ4v) is 2.88. The van der Waals surface area contributed by atoms with Crippen LogP contribution < -0.4 is 10.1 Å². The molecular weight excluding hydrogens is 360 g/mol. The van der Waals surface area contributed by atoms with Crippen molar-refractivity contribution in [1.29, 1.82) is 0 Å². The third-order valence-electron chi connectivity index (χ3n) is 4.60. The highest BCUT2D eigenvalue weighted by Crippen LogP contribution is 2.25. The lowest BCUT2D eigenvalue weighted by Gasteiger charge is -2.32. The van der Waals surface area contributed by atoms with Crippen LogP contribution in [-0.2, 0) is 9.59 Å².